The average molecular weight is 563 g/mol. The van der Waals surface area contributed by atoms with Gasteiger partial charge >= 0.3 is 0 Å². The Labute approximate surface area is 246 Å². The van der Waals surface area contributed by atoms with E-state index in [9.17, 15) is 4.79 Å². The summed E-state index contributed by atoms with van der Waals surface area (Å²) < 4.78 is 13.9. The Morgan fingerprint density at radius 1 is 0.952 bits per heavy atom. The molecule has 7 nitrogen and oxygen atoms in total. The zero-order valence-corrected chi connectivity index (χ0v) is 24.7. The first kappa shape index (κ1) is 26.9. The van der Waals surface area contributed by atoms with E-state index in [-0.39, 0.29) is 11.9 Å². The number of aromatic nitrogens is 3. The molecule has 5 heterocycles. The number of carbonyl (C=O) groups is 1. The van der Waals surface area contributed by atoms with Gasteiger partial charge in [0.05, 0.1) is 28.3 Å². The smallest absolute Gasteiger partial charge is 0.219 e. The highest BCUT2D eigenvalue weighted by Crippen LogP contribution is 2.42. The fraction of sp³-hybridized carbons (Fsp3) is 0.400. The van der Waals surface area contributed by atoms with Crippen molar-refractivity contribution in [3.05, 3.63) is 83.4 Å². The first-order valence-electron chi connectivity index (χ1n) is 15.2. The van der Waals surface area contributed by atoms with E-state index in [1.165, 1.54) is 22.0 Å². The lowest BCUT2D eigenvalue weighted by atomic mass is 9.86. The Morgan fingerprint density at radius 2 is 1.71 bits per heavy atom. The molecule has 2 aromatic carbocycles. The number of rotatable bonds is 5. The molecular formula is C35H38N4O3. The second kappa shape index (κ2) is 11.0. The molecule has 5 aromatic rings. The molecule has 0 spiro atoms. The van der Waals surface area contributed by atoms with Crippen molar-refractivity contribution in [2.75, 3.05) is 26.3 Å². The maximum Gasteiger partial charge on any atom is 0.219 e. The normalized spacial score (nSPS) is 17.7. The van der Waals surface area contributed by atoms with E-state index in [1.807, 2.05) is 24.9 Å². The summed E-state index contributed by atoms with van der Waals surface area (Å²) in [7, 11) is 0. The van der Waals surface area contributed by atoms with E-state index >= 15 is 0 Å². The first-order chi connectivity index (χ1) is 20.5. The van der Waals surface area contributed by atoms with Gasteiger partial charge in [0.15, 0.2) is 0 Å². The Bertz CT molecular complexity index is 1720. The van der Waals surface area contributed by atoms with E-state index in [1.54, 1.807) is 6.92 Å². The summed E-state index contributed by atoms with van der Waals surface area (Å²) in [6.45, 7) is 8.84. The third-order valence-electron chi connectivity index (χ3n) is 9.53. The van der Waals surface area contributed by atoms with E-state index < -0.39 is 0 Å². The average Bonchev–Trinajstić information content (AvgIpc) is 3.53. The summed E-state index contributed by atoms with van der Waals surface area (Å²) in [5.41, 5.74) is 8.93. The number of hydrogen-bond donors (Lipinski definition) is 0. The topological polar surface area (TPSA) is 73.4 Å². The summed E-state index contributed by atoms with van der Waals surface area (Å²) in [6, 6.07) is 20.4. The Balaban J connectivity index is 1.43. The number of amides is 1. The fourth-order valence-electron chi connectivity index (χ4n) is 7.35. The van der Waals surface area contributed by atoms with Crippen molar-refractivity contribution >= 4 is 27.8 Å². The van der Waals surface area contributed by atoms with Crippen molar-refractivity contribution in [2.45, 2.75) is 58.4 Å². The van der Waals surface area contributed by atoms with Gasteiger partial charge in [0, 0.05) is 55.9 Å². The quantitative estimate of drug-likeness (QED) is 0.226. The highest BCUT2D eigenvalue weighted by molar-refractivity contribution is 6.07. The third kappa shape index (κ3) is 4.70. The van der Waals surface area contributed by atoms with Gasteiger partial charge in [-0.3, -0.25) is 9.78 Å². The van der Waals surface area contributed by atoms with Crippen LogP contribution < -0.4 is 0 Å². The van der Waals surface area contributed by atoms with Crippen LogP contribution in [0.1, 0.15) is 67.1 Å². The number of nitrogens with zero attached hydrogens (tertiary/aromatic N) is 4. The van der Waals surface area contributed by atoms with Gasteiger partial charge in [-0.2, -0.15) is 0 Å². The molecule has 2 aliphatic rings. The van der Waals surface area contributed by atoms with Gasteiger partial charge in [-0.05, 0) is 80.7 Å². The van der Waals surface area contributed by atoms with Crippen LogP contribution in [0.5, 0.6) is 0 Å². The van der Waals surface area contributed by atoms with Crippen LogP contribution >= 0.6 is 0 Å². The summed E-state index contributed by atoms with van der Waals surface area (Å²) in [5, 5.41) is 5.42. The minimum atomic E-state index is 0.154. The van der Waals surface area contributed by atoms with E-state index in [2.05, 4.69) is 64.3 Å². The van der Waals surface area contributed by atoms with Crippen LogP contribution in [0.15, 0.2) is 65.3 Å². The number of fused-ring (bicyclic) bond motifs is 3. The monoisotopic (exact) mass is 562 g/mol. The zero-order chi connectivity index (χ0) is 28.8. The second-order valence-corrected chi connectivity index (χ2v) is 12.0. The first-order valence-corrected chi connectivity index (χ1v) is 15.2. The molecule has 0 N–H and O–H groups in total. The minimum Gasteiger partial charge on any atom is -0.381 e. The number of benzene rings is 2. The van der Waals surface area contributed by atoms with Crippen molar-refractivity contribution in [1.82, 2.24) is 19.6 Å². The lowest BCUT2D eigenvalue weighted by Crippen LogP contribution is -2.36. The fourth-order valence-corrected chi connectivity index (χ4v) is 7.35. The second-order valence-electron chi connectivity index (χ2n) is 12.0. The Kier molecular flexibility index (Phi) is 7.06. The SMILES string of the molecule is CC(=O)N1CCC(c2ccc3c(c2)c2ncc(-c4c(C)noc4C)cc2n3[C@H](c2ccccc2)C2CCOCC2)CC1. The van der Waals surface area contributed by atoms with E-state index in [0.29, 0.717) is 11.8 Å². The number of likely N-dealkylation sites (tertiary alicyclic amines) is 1. The number of pyridine rings is 1. The van der Waals surface area contributed by atoms with Crippen molar-refractivity contribution in [2.24, 2.45) is 5.92 Å². The van der Waals surface area contributed by atoms with Crippen molar-refractivity contribution < 1.29 is 14.1 Å². The molecule has 1 atom stereocenters. The maximum atomic E-state index is 11.9. The Hall–Kier alpha value is -3.97. The van der Waals surface area contributed by atoms with Gasteiger partial charge in [-0.15, -0.1) is 0 Å². The highest BCUT2D eigenvalue weighted by atomic mass is 16.5. The van der Waals surface area contributed by atoms with Crippen LogP contribution in [0.3, 0.4) is 0 Å². The van der Waals surface area contributed by atoms with Gasteiger partial charge in [0.2, 0.25) is 5.91 Å². The minimum absolute atomic E-state index is 0.154. The molecule has 42 heavy (non-hydrogen) atoms. The Morgan fingerprint density at radius 3 is 2.40 bits per heavy atom. The molecule has 0 radical (unpaired) electrons. The van der Waals surface area contributed by atoms with Crippen LogP contribution in [0.25, 0.3) is 33.1 Å². The number of hydrogen-bond acceptors (Lipinski definition) is 5. The van der Waals surface area contributed by atoms with E-state index in [0.717, 1.165) is 85.6 Å². The maximum absolute atomic E-state index is 11.9. The van der Waals surface area contributed by atoms with Crippen LogP contribution in [0.4, 0.5) is 0 Å². The summed E-state index contributed by atoms with van der Waals surface area (Å²) >= 11 is 0. The molecule has 3 aromatic heterocycles. The molecule has 7 heteroatoms. The predicted molar refractivity (Wildman–Crippen MR) is 165 cm³/mol. The molecule has 0 aliphatic carbocycles. The van der Waals surface area contributed by atoms with Crippen molar-refractivity contribution in [3.63, 3.8) is 0 Å². The summed E-state index contributed by atoms with van der Waals surface area (Å²) in [5.74, 6) is 1.86. The molecule has 7 rings (SSSR count). The van der Waals surface area contributed by atoms with Crippen molar-refractivity contribution in [1.29, 1.82) is 0 Å². The predicted octanol–water partition coefficient (Wildman–Crippen LogP) is 7.20. The molecule has 0 saturated carbocycles. The number of carbonyl (C=O) groups excluding carboxylic acids is 1. The zero-order valence-electron chi connectivity index (χ0n) is 24.7. The largest absolute Gasteiger partial charge is 0.381 e. The van der Waals surface area contributed by atoms with Gasteiger partial charge in [0.25, 0.3) is 0 Å². The van der Waals surface area contributed by atoms with Gasteiger partial charge in [-0.1, -0.05) is 41.6 Å². The number of ether oxygens (including phenoxy) is 1. The molecule has 2 saturated heterocycles. The number of piperidine rings is 1. The molecule has 216 valence electrons. The van der Waals surface area contributed by atoms with Gasteiger partial charge in [-0.25, -0.2) is 0 Å². The van der Waals surface area contributed by atoms with E-state index in [4.69, 9.17) is 14.2 Å². The lowest BCUT2D eigenvalue weighted by molar-refractivity contribution is -0.129. The highest BCUT2D eigenvalue weighted by Gasteiger charge is 2.31. The van der Waals surface area contributed by atoms with Crippen LogP contribution in [0, 0.1) is 19.8 Å². The molecule has 0 unspecified atom stereocenters. The van der Waals surface area contributed by atoms with Crippen LogP contribution in [-0.4, -0.2) is 51.8 Å². The third-order valence-corrected chi connectivity index (χ3v) is 9.53. The molecular weight excluding hydrogens is 524 g/mol. The van der Waals surface area contributed by atoms with Crippen molar-refractivity contribution in [3.8, 4) is 11.1 Å². The number of aryl methyl sites for hydroxylation is 2. The van der Waals surface area contributed by atoms with Crippen LogP contribution in [-0.2, 0) is 9.53 Å². The van der Waals surface area contributed by atoms with Gasteiger partial charge < -0.3 is 18.7 Å². The molecule has 0 bridgehead atoms. The summed E-state index contributed by atoms with van der Waals surface area (Å²) in [4.78, 5) is 19.0. The van der Waals surface area contributed by atoms with Crippen LogP contribution in [0.2, 0.25) is 0 Å². The van der Waals surface area contributed by atoms with Gasteiger partial charge in [0.1, 0.15) is 5.76 Å². The molecule has 1 amide bonds. The standard InChI is InChI=1S/C35H38N4O3/c1-22-33(23(2)42-37-22)29-20-32-34(36-21-29)30-19-28(25-11-15-38(16-12-25)24(3)40)9-10-31(30)39(32)35(26-7-5-4-6-8-26)27-13-17-41-18-14-27/h4-10,19-21,25,27,35H,11-18H2,1-3H3/t35-/m1/s1. The lowest BCUT2D eigenvalue weighted by Gasteiger charge is -2.33. The molecule has 2 fully saturated rings. The molecule has 2 aliphatic heterocycles. The summed E-state index contributed by atoms with van der Waals surface area (Å²) in [6.07, 6.45) is 5.99.